The molecule has 3 heteroatoms. The van der Waals surface area contributed by atoms with E-state index in [1.165, 1.54) is 10.5 Å². The SMILES string of the molecule is O=C(CCC1CCCO1)C1CSc2ccccc21. The van der Waals surface area contributed by atoms with E-state index in [1.54, 1.807) is 0 Å². The number of hydrogen-bond acceptors (Lipinski definition) is 3. The van der Waals surface area contributed by atoms with Crippen LogP contribution < -0.4 is 0 Å². The van der Waals surface area contributed by atoms with E-state index in [1.807, 2.05) is 23.9 Å². The molecule has 0 amide bonds. The molecule has 1 saturated heterocycles. The first kappa shape index (κ1) is 12.2. The molecule has 2 nitrogen and oxygen atoms in total. The van der Waals surface area contributed by atoms with Gasteiger partial charge in [0.15, 0.2) is 0 Å². The largest absolute Gasteiger partial charge is 0.378 e. The minimum Gasteiger partial charge on any atom is -0.378 e. The summed E-state index contributed by atoms with van der Waals surface area (Å²) in [6, 6.07) is 8.30. The second-order valence-corrected chi connectivity index (χ2v) is 6.10. The molecule has 0 aromatic heterocycles. The maximum atomic E-state index is 12.3. The van der Waals surface area contributed by atoms with Crippen molar-refractivity contribution in [3.8, 4) is 0 Å². The van der Waals surface area contributed by atoms with Crippen molar-refractivity contribution in [2.75, 3.05) is 12.4 Å². The molecule has 2 unspecified atom stereocenters. The van der Waals surface area contributed by atoms with Gasteiger partial charge in [-0.3, -0.25) is 4.79 Å². The summed E-state index contributed by atoms with van der Waals surface area (Å²) in [4.78, 5) is 13.6. The van der Waals surface area contributed by atoms with Crippen LogP contribution in [0.15, 0.2) is 29.2 Å². The highest BCUT2D eigenvalue weighted by molar-refractivity contribution is 7.99. The molecule has 18 heavy (non-hydrogen) atoms. The van der Waals surface area contributed by atoms with Crippen LogP contribution in [-0.2, 0) is 9.53 Å². The van der Waals surface area contributed by atoms with E-state index in [4.69, 9.17) is 4.74 Å². The van der Waals surface area contributed by atoms with Crippen molar-refractivity contribution in [1.82, 2.24) is 0 Å². The molecule has 0 saturated carbocycles. The predicted octanol–water partition coefficient (Wildman–Crippen LogP) is 3.40. The van der Waals surface area contributed by atoms with Gasteiger partial charge in [-0.15, -0.1) is 11.8 Å². The van der Waals surface area contributed by atoms with Gasteiger partial charge in [0.1, 0.15) is 5.78 Å². The van der Waals surface area contributed by atoms with Crippen LogP contribution in [0.1, 0.15) is 37.2 Å². The van der Waals surface area contributed by atoms with Gasteiger partial charge in [-0.2, -0.15) is 0 Å². The van der Waals surface area contributed by atoms with Gasteiger partial charge < -0.3 is 4.74 Å². The van der Waals surface area contributed by atoms with E-state index in [-0.39, 0.29) is 5.92 Å². The predicted molar refractivity (Wildman–Crippen MR) is 73.1 cm³/mol. The number of fused-ring (bicyclic) bond motifs is 1. The number of ether oxygens (including phenoxy) is 1. The summed E-state index contributed by atoms with van der Waals surface area (Å²) in [5, 5.41) is 0. The highest BCUT2D eigenvalue weighted by Gasteiger charge is 2.29. The number of rotatable bonds is 4. The normalized spacial score (nSPS) is 26.2. The molecular weight excluding hydrogens is 244 g/mol. The molecule has 0 radical (unpaired) electrons. The third kappa shape index (κ3) is 2.47. The van der Waals surface area contributed by atoms with Gasteiger partial charge in [-0.05, 0) is 30.9 Å². The van der Waals surface area contributed by atoms with E-state index in [2.05, 4.69) is 12.1 Å². The molecule has 2 atom stereocenters. The molecule has 0 spiro atoms. The summed E-state index contributed by atoms with van der Waals surface area (Å²) < 4.78 is 5.58. The number of benzene rings is 1. The van der Waals surface area contributed by atoms with Gasteiger partial charge in [0.2, 0.25) is 0 Å². The third-order valence-electron chi connectivity index (χ3n) is 3.83. The van der Waals surface area contributed by atoms with Crippen molar-refractivity contribution in [3.63, 3.8) is 0 Å². The zero-order valence-electron chi connectivity index (χ0n) is 10.4. The Morgan fingerprint density at radius 2 is 2.28 bits per heavy atom. The van der Waals surface area contributed by atoms with E-state index in [0.29, 0.717) is 18.3 Å². The average Bonchev–Trinajstić information content (AvgIpc) is 3.05. The van der Waals surface area contributed by atoms with Crippen LogP contribution in [0, 0.1) is 0 Å². The maximum absolute atomic E-state index is 12.3. The van der Waals surface area contributed by atoms with Gasteiger partial charge in [0.05, 0.1) is 12.0 Å². The fourth-order valence-electron chi connectivity index (χ4n) is 2.78. The third-order valence-corrected chi connectivity index (χ3v) is 5.01. The number of Topliss-reactive ketones (excluding diaryl/α,β-unsaturated/α-hetero) is 1. The summed E-state index contributed by atoms with van der Waals surface area (Å²) in [5.74, 6) is 1.43. The minimum atomic E-state index is 0.118. The topological polar surface area (TPSA) is 26.3 Å². The lowest BCUT2D eigenvalue weighted by molar-refractivity contribution is -0.120. The summed E-state index contributed by atoms with van der Waals surface area (Å²) in [6.45, 7) is 0.876. The zero-order valence-corrected chi connectivity index (χ0v) is 11.2. The van der Waals surface area contributed by atoms with Gasteiger partial charge >= 0.3 is 0 Å². The molecule has 2 aliphatic heterocycles. The number of carbonyl (C=O) groups is 1. The van der Waals surface area contributed by atoms with E-state index >= 15 is 0 Å². The lowest BCUT2D eigenvalue weighted by Crippen LogP contribution is -2.15. The van der Waals surface area contributed by atoms with E-state index in [0.717, 1.165) is 31.6 Å². The first-order valence-electron chi connectivity index (χ1n) is 6.70. The van der Waals surface area contributed by atoms with Gasteiger partial charge in [-0.1, -0.05) is 18.2 Å². The Bertz CT molecular complexity index is 438. The molecule has 1 aromatic rings. The van der Waals surface area contributed by atoms with Crippen LogP contribution in [0.25, 0.3) is 0 Å². The first-order valence-corrected chi connectivity index (χ1v) is 7.69. The Labute approximate surface area is 112 Å². The van der Waals surface area contributed by atoms with Crippen LogP contribution >= 0.6 is 11.8 Å². The van der Waals surface area contributed by atoms with Crippen LogP contribution in [0.5, 0.6) is 0 Å². The van der Waals surface area contributed by atoms with Crippen LogP contribution in [-0.4, -0.2) is 24.2 Å². The average molecular weight is 262 g/mol. The van der Waals surface area contributed by atoms with Gasteiger partial charge in [0.25, 0.3) is 0 Å². The standard InChI is InChI=1S/C15H18O2S/c16-14(8-7-11-4-3-9-17-11)13-10-18-15-6-2-1-5-12(13)15/h1-2,5-6,11,13H,3-4,7-10H2. The maximum Gasteiger partial charge on any atom is 0.141 e. The summed E-state index contributed by atoms with van der Waals surface area (Å²) >= 11 is 1.81. The van der Waals surface area contributed by atoms with Crippen LogP contribution in [0.3, 0.4) is 0 Å². The van der Waals surface area contributed by atoms with Gasteiger partial charge in [-0.25, -0.2) is 0 Å². The monoisotopic (exact) mass is 262 g/mol. The lowest BCUT2D eigenvalue weighted by atomic mass is 9.93. The molecule has 0 bridgehead atoms. The molecule has 1 fully saturated rings. The molecule has 1 aromatic carbocycles. The van der Waals surface area contributed by atoms with Gasteiger partial charge in [0, 0.05) is 23.7 Å². The molecule has 0 N–H and O–H groups in total. The van der Waals surface area contributed by atoms with Crippen molar-refractivity contribution >= 4 is 17.5 Å². The smallest absolute Gasteiger partial charge is 0.141 e. The number of ketones is 1. The van der Waals surface area contributed by atoms with E-state index in [9.17, 15) is 4.79 Å². The Morgan fingerprint density at radius 1 is 1.39 bits per heavy atom. The fourth-order valence-corrected chi connectivity index (χ4v) is 4.04. The highest BCUT2D eigenvalue weighted by Crippen LogP contribution is 2.40. The van der Waals surface area contributed by atoms with Crippen LogP contribution in [0.2, 0.25) is 0 Å². The molecule has 96 valence electrons. The molecule has 0 aliphatic carbocycles. The van der Waals surface area contributed by atoms with Crippen molar-refractivity contribution < 1.29 is 9.53 Å². The number of carbonyl (C=O) groups excluding carboxylic acids is 1. The minimum absolute atomic E-state index is 0.118. The van der Waals surface area contributed by atoms with Crippen molar-refractivity contribution in [2.45, 2.75) is 42.6 Å². The Morgan fingerprint density at radius 3 is 3.11 bits per heavy atom. The molecule has 3 rings (SSSR count). The summed E-state index contributed by atoms with van der Waals surface area (Å²) in [7, 11) is 0. The molecule has 2 aliphatic rings. The summed E-state index contributed by atoms with van der Waals surface area (Å²) in [5.41, 5.74) is 1.24. The van der Waals surface area contributed by atoms with Crippen molar-refractivity contribution in [3.05, 3.63) is 29.8 Å². The number of thioether (sulfide) groups is 1. The zero-order chi connectivity index (χ0) is 12.4. The Balaban J connectivity index is 1.60. The van der Waals surface area contributed by atoms with Crippen LogP contribution in [0.4, 0.5) is 0 Å². The van der Waals surface area contributed by atoms with Crippen molar-refractivity contribution in [2.24, 2.45) is 0 Å². The molecule has 2 heterocycles. The second kappa shape index (κ2) is 5.45. The first-order chi connectivity index (χ1) is 8.84. The Kier molecular flexibility index (Phi) is 3.71. The summed E-state index contributed by atoms with van der Waals surface area (Å²) in [6.07, 6.45) is 4.19. The number of hydrogen-bond donors (Lipinski definition) is 0. The Hall–Kier alpha value is -0.800. The second-order valence-electron chi connectivity index (χ2n) is 5.04. The molecular formula is C15H18O2S. The quantitative estimate of drug-likeness (QED) is 0.832. The van der Waals surface area contributed by atoms with Crippen molar-refractivity contribution in [1.29, 1.82) is 0 Å². The van der Waals surface area contributed by atoms with E-state index < -0.39 is 0 Å². The fraction of sp³-hybridized carbons (Fsp3) is 0.533. The lowest BCUT2D eigenvalue weighted by Gasteiger charge is -2.12. The highest BCUT2D eigenvalue weighted by atomic mass is 32.2.